The summed E-state index contributed by atoms with van der Waals surface area (Å²) in [5, 5.41) is 5.74. The summed E-state index contributed by atoms with van der Waals surface area (Å²) in [6.45, 7) is 7.89. The number of anilines is 1. The highest BCUT2D eigenvalue weighted by atomic mass is 16.2. The number of rotatable bonds is 4. The first-order valence-electron chi connectivity index (χ1n) is 7.07. The first-order valence-corrected chi connectivity index (χ1v) is 7.07. The Morgan fingerprint density at radius 2 is 1.75 bits per heavy atom. The van der Waals surface area contributed by atoms with Crippen LogP contribution in [-0.2, 0) is 9.59 Å². The van der Waals surface area contributed by atoms with Gasteiger partial charge in [0.1, 0.15) is 0 Å². The normalized spacial score (nSPS) is 20.6. The predicted octanol–water partition coefficient (Wildman–Crippen LogP) is 2.40. The van der Waals surface area contributed by atoms with Gasteiger partial charge in [-0.25, -0.2) is 0 Å². The number of amides is 2. The standard InChI is InChI=1S/C16H22N2O2/c1-9(2)17-15(19)13-8-14(13)16(20)18-12-6-5-10(3)11(4)7-12/h5-7,9,13-14H,8H2,1-4H3,(H,17,19)(H,18,20). The van der Waals surface area contributed by atoms with E-state index in [1.807, 2.05) is 45.9 Å². The molecule has 4 heteroatoms. The molecule has 2 rings (SSSR count). The van der Waals surface area contributed by atoms with E-state index >= 15 is 0 Å². The average molecular weight is 274 g/mol. The first kappa shape index (κ1) is 14.6. The van der Waals surface area contributed by atoms with Gasteiger partial charge < -0.3 is 10.6 Å². The van der Waals surface area contributed by atoms with Gasteiger partial charge in [0.2, 0.25) is 11.8 Å². The fraction of sp³-hybridized carbons (Fsp3) is 0.500. The molecule has 1 aromatic carbocycles. The Bertz CT molecular complexity index is 537. The molecule has 0 spiro atoms. The fourth-order valence-corrected chi connectivity index (χ4v) is 2.22. The third-order valence-corrected chi connectivity index (χ3v) is 3.67. The van der Waals surface area contributed by atoms with Crippen LogP contribution in [0.15, 0.2) is 18.2 Å². The van der Waals surface area contributed by atoms with Crippen molar-refractivity contribution in [1.82, 2.24) is 5.32 Å². The predicted molar refractivity (Wildman–Crippen MR) is 79.4 cm³/mol. The molecule has 2 amide bonds. The maximum atomic E-state index is 12.1. The lowest BCUT2D eigenvalue weighted by molar-refractivity contribution is -0.125. The van der Waals surface area contributed by atoms with Crippen LogP contribution in [-0.4, -0.2) is 17.9 Å². The zero-order valence-electron chi connectivity index (χ0n) is 12.5. The molecule has 2 unspecified atom stereocenters. The molecule has 0 bridgehead atoms. The molecule has 2 atom stereocenters. The van der Waals surface area contributed by atoms with E-state index in [4.69, 9.17) is 0 Å². The van der Waals surface area contributed by atoms with Crippen molar-refractivity contribution in [2.24, 2.45) is 11.8 Å². The van der Waals surface area contributed by atoms with Gasteiger partial charge >= 0.3 is 0 Å². The molecule has 2 N–H and O–H groups in total. The topological polar surface area (TPSA) is 58.2 Å². The maximum Gasteiger partial charge on any atom is 0.228 e. The summed E-state index contributed by atoms with van der Waals surface area (Å²) in [7, 11) is 0. The van der Waals surface area contributed by atoms with Crippen molar-refractivity contribution in [3.63, 3.8) is 0 Å². The van der Waals surface area contributed by atoms with E-state index in [1.165, 1.54) is 5.56 Å². The van der Waals surface area contributed by atoms with Crippen LogP contribution in [0, 0.1) is 25.7 Å². The quantitative estimate of drug-likeness (QED) is 0.885. The number of hydrogen-bond acceptors (Lipinski definition) is 2. The van der Waals surface area contributed by atoms with Crippen LogP contribution in [0.25, 0.3) is 0 Å². The molecule has 0 heterocycles. The number of benzene rings is 1. The van der Waals surface area contributed by atoms with Crippen molar-refractivity contribution in [3.8, 4) is 0 Å². The van der Waals surface area contributed by atoms with Crippen LogP contribution in [0.2, 0.25) is 0 Å². The first-order chi connectivity index (χ1) is 9.38. The van der Waals surface area contributed by atoms with Gasteiger partial charge in [-0.05, 0) is 57.4 Å². The zero-order valence-corrected chi connectivity index (χ0v) is 12.5. The van der Waals surface area contributed by atoms with Crippen molar-refractivity contribution in [1.29, 1.82) is 0 Å². The Morgan fingerprint density at radius 1 is 1.10 bits per heavy atom. The SMILES string of the molecule is Cc1ccc(NC(=O)C2CC2C(=O)NC(C)C)cc1C. The summed E-state index contributed by atoms with van der Waals surface area (Å²) in [5.41, 5.74) is 3.14. The van der Waals surface area contributed by atoms with Crippen LogP contribution >= 0.6 is 0 Å². The minimum atomic E-state index is -0.185. The number of hydrogen-bond donors (Lipinski definition) is 2. The average Bonchev–Trinajstić information content (AvgIpc) is 3.13. The number of nitrogens with one attached hydrogen (secondary N) is 2. The van der Waals surface area contributed by atoms with E-state index < -0.39 is 0 Å². The zero-order chi connectivity index (χ0) is 14.9. The molecule has 0 aromatic heterocycles. The van der Waals surface area contributed by atoms with Crippen molar-refractivity contribution in [3.05, 3.63) is 29.3 Å². The van der Waals surface area contributed by atoms with Crippen molar-refractivity contribution >= 4 is 17.5 Å². The summed E-state index contributed by atoms with van der Waals surface area (Å²) < 4.78 is 0. The smallest absolute Gasteiger partial charge is 0.228 e. The number of carbonyl (C=O) groups is 2. The molecule has 20 heavy (non-hydrogen) atoms. The van der Waals surface area contributed by atoms with Gasteiger partial charge in [-0.3, -0.25) is 9.59 Å². The fourth-order valence-electron chi connectivity index (χ4n) is 2.22. The Kier molecular flexibility index (Phi) is 4.12. The van der Waals surface area contributed by atoms with Crippen LogP contribution < -0.4 is 10.6 Å². The molecule has 0 saturated heterocycles. The molecular formula is C16H22N2O2. The second-order valence-electron chi connectivity index (χ2n) is 5.90. The molecule has 1 aliphatic carbocycles. The summed E-state index contributed by atoms with van der Waals surface area (Å²) >= 11 is 0. The van der Waals surface area contributed by atoms with E-state index in [1.54, 1.807) is 0 Å². The minimum absolute atomic E-state index is 0.0137. The van der Waals surface area contributed by atoms with Crippen LogP contribution in [0.1, 0.15) is 31.4 Å². The highest BCUT2D eigenvalue weighted by Crippen LogP contribution is 2.39. The van der Waals surface area contributed by atoms with E-state index in [9.17, 15) is 9.59 Å². The summed E-state index contributed by atoms with van der Waals surface area (Å²) in [6.07, 6.45) is 0.648. The molecule has 1 aliphatic rings. The van der Waals surface area contributed by atoms with E-state index in [-0.39, 0.29) is 29.7 Å². The van der Waals surface area contributed by atoms with Crippen molar-refractivity contribution in [2.45, 2.75) is 40.2 Å². The van der Waals surface area contributed by atoms with Gasteiger partial charge in [-0.1, -0.05) is 6.07 Å². The van der Waals surface area contributed by atoms with Gasteiger partial charge in [-0.15, -0.1) is 0 Å². The Hall–Kier alpha value is -1.84. The highest BCUT2D eigenvalue weighted by molar-refractivity contribution is 5.99. The van der Waals surface area contributed by atoms with Crippen LogP contribution in [0.5, 0.6) is 0 Å². The monoisotopic (exact) mass is 274 g/mol. The van der Waals surface area contributed by atoms with Crippen LogP contribution in [0.3, 0.4) is 0 Å². The van der Waals surface area contributed by atoms with Gasteiger partial charge in [0.05, 0.1) is 11.8 Å². The summed E-state index contributed by atoms with van der Waals surface area (Å²) in [5.74, 6) is -0.420. The van der Waals surface area contributed by atoms with E-state index in [0.717, 1.165) is 11.3 Å². The van der Waals surface area contributed by atoms with Crippen molar-refractivity contribution < 1.29 is 9.59 Å². The van der Waals surface area contributed by atoms with Gasteiger partial charge in [0.15, 0.2) is 0 Å². The molecule has 0 aliphatic heterocycles. The molecule has 1 fully saturated rings. The molecule has 0 radical (unpaired) electrons. The maximum absolute atomic E-state index is 12.1. The third-order valence-electron chi connectivity index (χ3n) is 3.67. The lowest BCUT2D eigenvalue weighted by Crippen LogP contribution is -2.32. The third kappa shape index (κ3) is 3.38. The number of aryl methyl sites for hydroxylation is 2. The summed E-state index contributed by atoms with van der Waals surface area (Å²) in [6, 6.07) is 5.96. The minimum Gasteiger partial charge on any atom is -0.354 e. The van der Waals surface area contributed by atoms with Crippen molar-refractivity contribution in [2.75, 3.05) is 5.32 Å². The lowest BCUT2D eigenvalue weighted by atomic mass is 10.1. The Morgan fingerprint density at radius 3 is 2.35 bits per heavy atom. The molecule has 1 aromatic rings. The molecular weight excluding hydrogens is 252 g/mol. The van der Waals surface area contributed by atoms with E-state index in [2.05, 4.69) is 10.6 Å². The lowest BCUT2D eigenvalue weighted by Gasteiger charge is -2.09. The molecule has 1 saturated carbocycles. The Labute approximate surface area is 119 Å². The second kappa shape index (κ2) is 5.65. The second-order valence-corrected chi connectivity index (χ2v) is 5.90. The van der Waals surface area contributed by atoms with Crippen LogP contribution in [0.4, 0.5) is 5.69 Å². The van der Waals surface area contributed by atoms with Gasteiger partial charge in [-0.2, -0.15) is 0 Å². The molecule has 108 valence electrons. The van der Waals surface area contributed by atoms with Gasteiger partial charge in [0, 0.05) is 11.7 Å². The van der Waals surface area contributed by atoms with E-state index in [0.29, 0.717) is 6.42 Å². The molecule has 4 nitrogen and oxygen atoms in total. The Balaban J connectivity index is 1.91. The van der Waals surface area contributed by atoms with Gasteiger partial charge in [0.25, 0.3) is 0 Å². The largest absolute Gasteiger partial charge is 0.354 e. The highest BCUT2D eigenvalue weighted by Gasteiger charge is 2.48. The number of carbonyl (C=O) groups excluding carboxylic acids is 2. The summed E-state index contributed by atoms with van der Waals surface area (Å²) in [4.78, 5) is 23.9.